The van der Waals surface area contributed by atoms with Crippen molar-refractivity contribution in [2.24, 2.45) is 4.99 Å². The zero-order valence-electron chi connectivity index (χ0n) is 18.3. The number of thiazole rings is 1. The van der Waals surface area contributed by atoms with Crippen LogP contribution in [0.25, 0.3) is 10.2 Å². The van der Waals surface area contributed by atoms with Crippen molar-refractivity contribution >= 4 is 55.3 Å². The number of benzene rings is 2. The van der Waals surface area contributed by atoms with Gasteiger partial charge in [-0.15, -0.1) is 11.8 Å². The lowest BCUT2D eigenvalue weighted by Crippen LogP contribution is -2.40. The van der Waals surface area contributed by atoms with E-state index in [2.05, 4.69) is 21.4 Å². The Morgan fingerprint density at radius 2 is 1.97 bits per heavy atom. The van der Waals surface area contributed by atoms with Crippen LogP contribution in [0.5, 0.6) is 5.75 Å². The fourth-order valence-corrected chi connectivity index (χ4v) is 6.18. The van der Waals surface area contributed by atoms with Crippen molar-refractivity contribution in [2.75, 3.05) is 44.0 Å². The van der Waals surface area contributed by atoms with Crippen molar-refractivity contribution in [3.8, 4) is 5.75 Å². The predicted molar refractivity (Wildman–Crippen MR) is 133 cm³/mol. The Kier molecular flexibility index (Phi) is 5.72. The summed E-state index contributed by atoms with van der Waals surface area (Å²) in [6.07, 6.45) is 0.905. The zero-order chi connectivity index (χ0) is 23.1. The number of aliphatic imine (C=N–C) groups is 1. The second-order valence-corrected chi connectivity index (χ2v) is 10.3. The molecule has 1 atom stereocenters. The Bertz CT molecular complexity index is 1320. The maximum absolute atomic E-state index is 12.9. The van der Waals surface area contributed by atoms with Gasteiger partial charge >= 0.3 is 0 Å². The van der Waals surface area contributed by atoms with E-state index >= 15 is 0 Å². The van der Waals surface area contributed by atoms with Crippen LogP contribution in [0.1, 0.15) is 21.5 Å². The van der Waals surface area contributed by atoms with E-state index in [4.69, 9.17) is 9.47 Å². The molecule has 8 nitrogen and oxygen atoms in total. The van der Waals surface area contributed by atoms with Crippen molar-refractivity contribution in [3.63, 3.8) is 0 Å². The highest BCUT2D eigenvalue weighted by molar-refractivity contribution is 8.14. The molecule has 1 fully saturated rings. The summed E-state index contributed by atoms with van der Waals surface area (Å²) in [5.41, 5.74) is 3.60. The number of thioether (sulfide) groups is 1. The molecule has 1 saturated heterocycles. The van der Waals surface area contributed by atoms with E-state index < -0.39 is 6.04 Å². The van der Waals surface area contributed by atoms with Gasteiger partial charge in [0, 0.05) is 36.4 Å². The van der Waals surface area contributed by atoms with Gasteiger partial charge in [-0.3, -0.25) is 14.6 Å². The van der Waals surface area contributed by atoms with Gasteiger partial charge in [0.2, 0.25) is 0 Å². The lowest BCUT2D eigenvalue weighted by Gasteiger charge is -2.26. The Morgan fingerprint density at radius 1 is 1.09 bits per heavy atom. The molecule has 0 spiro atoms. The minimum Gasteiger partial charge on any atom is -0.493 e. The molecule has 0 saturated carbocycles. The quantitative estimate of drug-likeness (QED) is 0.599. The molecule has 3 aliphatic rings. The second-order valence-electron chi connectivity index (χ2n) is 8.28. The van der Waals surface area contributed by atoms with E-state index in [1.807, 2.05) is 24.3 Å². The number of ether oxygens (including phenoxy) is 2. The molecule has 0 bridgehead atoms. The van der Waals surface area contributed by atoms with Gasteiger partial charge in [-0.25, -0.2) is 4.98 Å². The van der Waals surface area contributed by atoms with Gasteiger partial charge in [-0.2, -0.15) is 0 Å². The maximum Gasteiger partial charge on any atom is 0.254 e. The number of amides is 2. The number of rotatable bonds is 4. The highest BCUT2D eigenvalue weighted by Gasteiger charge is 2.27. The summed E-state index contributed by atoms with van der Waals surface area (Å²) in [6, 6.07) is 11.1. The minimum atomic E-state index is -0.463. The summed E-state index contributed by atoms with van der Waals surface area (Å²) in [6.45, 7) is 3.04. The summed E-state index contributed by atoms with van der Waals surface area (Å²) in [7, 11) is 0. The third kappa shape index (κ3) is 4.17. The maximum atomic E-state index is 12.9. The summed E-state index contributed by atoms with van der Waals surface area (Å²) >= 11 is 2.96. The number of anilines is 1. The first-order valence-electron chi connectivity index (χ1n) is 11.2. The number of hydrogen-bond acceptors (Lipinski definition) is 8. The molecule has 174 valence electrons. The number of carbonyl (C=O) groups is 2. The van der Waals surface area contributed by atoms with Crippen molar-refractivity contribution in [1.29, 1.82) is 0 Å². The van der Waals surface area contributed by atoms with Crippen LogP contribution in [-0.4, -0.2) is 71.4 Å². The summed E-state index contributed by atoms with van der Waals surface area (Å²) < 4.78 is 11.8. The Hall–Kier alpha value is -2.95. The van der Waals surface area contributed by atoms with Crippen molar-refractivity contribution < 1.29 is 19.1 Å². The average Bonchev–Trinajstić information content (AvgIpc) is 3.62. The third-order valence-electron chi connectivity index (χ3n) is 6.05. The topological polar surface area (TPSA) is 93.1 Å². The molecule has 2 aromatic carbocycles. The largest absolute Gasteiger partial charge is 0.493 e. The molecule has 1 N–H and O–H groups in total. The van der Waals surface area contributed by atoms with Crippen LogP contribution in [-0.2, 0) is 16.0 Å². The molecule has 4 heterocycles. The highest BCUT2D eigenvalue weighted by Crippen LogP contribution is 2.31. The molecule has 10 heteroatoms. The SMILES string of the molecule is O=C(Nc1nc2ccc(C(=O)N3CCOCC3)cc2s1)C1CSC(c2ccc3c(c2)CCO3)=N1. The molecule has 1 aromatic heterocycles. The number of hydrogen-bond donors (Lipinski definition) is 1. The van der Waals surface area contributed by atoms with Gasteiger partial charge in [-0.1, -0.05) is 11.3 Å². The number of nitrogens with zero attached hydrogens (tertiary/aromatic N) is 3. The summed E-state index contributed by atoms with van der Waals surface area (Å²) in [4.78, 5) is 36.6. The third-order valence-corrected chi connectivity index (χ3v) is 8.08. The van der Waals surface area contributed by atoms with E-state index in [9.17, 15) is 9.59 Å². The van der Waals surface area contributed by atoms with Crippen LogP contribution in [0.3, 0.4) is 0 Å². The zero-order valence-corrected chi connectivity index (χ0v) is 19.9. The van der Waals surface area contributed by atoms with Gasteiger partial charge in [0.1, 0.15) is 11.8 Å². The van der Waals surface area contributed by atoms with Gasteiger partial charge in [0.25, 0.3) is 11.8 Å². The fourth-order valence-electron chi connectivity index (χ4n) is 4.23. The van der Waals surface area contributed by atoms with E-state index in [1.54, 1.807) is 22.7 Å². The first-order chi connectivity index (χ1) is 16.6. The summed E-state index contributed by atoms with van der Waals surface area (Å²) in [5, 5.41) is 4.31. The Balaban J connectivity index is 1.15. The standard InChI is InChI=1S/C24H22N4O4S2/c29-21(18-13-33-22(25-18)15-2-4-19-14(11-15)5-8-32-19)27-24-26-17-3-1-16(12-20(17)34-24)23(30)28-6-9-31-10-7-28/h1-4,11-12,18H,5-10,13H2,(H,26,27,29). The first kappa shape index (κ1) is 21.6. The van der Waals surface area contributed by atoms with Gasteiger partial charge in [0.15, 0.2) is 5.13 Å². The Morgan fingerprint density at radius 3 is 2.85 bits per heavy atom. The number of morpholine rings is 1. The molecule has 2 amide bonds. The average molecular weight is 495 g/mol. The van der Waals surface area contributed by atoms with E-state index in [0.717, 1.165) is 33.0 Å². The normalized spacial score (nSPS) is 19.6. The molecule has 0 radical (unpaired) electrons. The highest BCUT2D eigenvalue weighted by atomic mass is 32.2. The van der Waals surface area contributed by atoms with Crippen LogP contribution in [0.2, 0.25) is 0 Å². The number of nitrogens with one attached hydrogen (secondary N) is 1. The lowest BCUT2D eigenvalue weighted by atomic mass is 10.1. The molecule has 6 rings (SSSR count). The minimum absolute atomic E-state index is 0.00727. The lowest BCUT2D eigenvalue weighted by molar-refractivity contribution is -0.116. The Labute approximate surface area is 204 Å². The van der Waals surface area contributed by atoms with Crippen LogP contribution in [0, 0.1) is 0 Å². The molecule has 3 aromatic rings. The number of aromatic nitrogens is 1. The van der Waals surface area contributed by atoms with E-state index in [0.29, 0.717) is 49.4 Å². The van der Waals surface area contributed by atoms with Gasteiger partial charge in [-0.05, 0) is 42.0 Å². The summed E-state index contributed by atoms with van der Waals surface area (Å²) in [5.74, 6) is 1.35. The predicted octanol–water partition coefficient (Wildman–Crippen LogP) is 3.20. The number of fused-ring (bicyclic) bond motifs is 2. The van der Waals surface area contributed by atoms with Crippen molar-refractivity contribution in [2.45, 2.75) is 12.5 Å². The van der Waals surface area contributed by atoms with Gasteiger partial charge in [0.05, 0.1) is 35.1 Å². The molecular formula is C24H22N4O4S2. The smallest absolute Gasteiger partial charge is 0.254 e. The van der Waals surface area contributed by atoms with Crippen molar-refractivity contribution in [1.82, 2.24) is 9.88 Å². The van der Waals surface area contributed by atoms with Crippen LogP contribution >= 0.6 is 23.1 Å². The number of carbonyl (C=O) groups excluding carboxylic acids is 2. The second kappa shape index (κ2) is 9.01. The molecule has 3 aliphatic heterocycles. The molecular weight excluding hydrogens is 472 g/mol. The van der Waals surface area contributed by atoms with Crippen LogP contribution in [0.4, 0.5) is 5.13 Å². The molecule has 1 unspecified atom stereocenters. The monoisotopic (exact) mass is 494 g/mol. The van der Waals surface area contributed by atoms with E-state index in [-0.39, 0.29) is 11.8 Å². The first-order valence-corrected chi connectivity index (χ1v) is 13.0. The van der Waals surface area contributed by atoms with Gasteiger partial charge < -0.3 is 19.7 Å². The van der Waals surface area contributed by atoms with Crippen molar-refractivity contribution in [3.05, 3.63) is 53.1 Å². The molecule has 0 aliphatic carbocycles. The van der Waals surface area contributed by atoms with E-state index in [1.165, 1.54) is 16.9 Å². The van der Waals surface area contributed by atoms with Crippen LogP contribution in [0.15, 0.2) is 41.4 Å². The fraction of sp³-hybridized carbons (Fsp3) is 0.333. The van der Waals surface area contributed by atoms with Crippen LogP contribution < -0.4 is 10.1 Å². The molecule has 34 heavy (non-hydrogen) atoms.